The maximum absolute atomic E-state index is 12.4. The molecule has 0 unspecified atom stereocenters. The van der Waals surface area contributed by atoms with Gasteiger partial charge in [0, 0.05) is 16.0 Å². The summed E-state index contributed by atoms with van der Waals surface area (Å²) in [6.07, 6.45) is -4.74. The van der Waals surface area contributed by atoms with Gasteiger partial charge in [0.05, 0.1) is 5.69 Å². The van der Waals surface area contributed by atoms with Crippen molar-refractivity contribution in [2.75, 3.05) is 5.32 Å². The van der Waals surface area contributed by atoms with E-state index in [-0.39, 0.29) is 11.4 Å². The standard InChI is InChI=1S/C14H10BrClF3NO/c15-10-3-6-12(13(7-10)21-14(17,18)19)20-8-9-1-4-11(16)5-2-9/h1-7,20H,8H2. The number of rotatable bonds is 4. The van der Waals surface area contributed by atoms with Gasteiger partial charge in [-0.15, -0.1) is 13.2 Å². The minimum Gasteiger partial charge on any atom is -0.404 e. The second-order valence-corrected chi connectivity index (χ2v) is 5.52. The molecule has 2 rings (SSSR count). The van der Waals surface area contributed by atoms with Crippen LogP contribution in [0.15, 0.2) is 46.9 Å². The maximum atomic E-state index is 12.4. The summed E-state index contributed by atoms with van der Waals surface area (Å²) in [6, 6.07) is 11.4. The molecule has 2 aromatic carbocycles. The Kier molecular flexibility index (Phi) is 5.00. The van der Waals surface area contributed by atoms with Crippen LogP contribution >= 0.6 is 27.5 Å². The van der Waals surface area contributed by atoms with Crippen LogP contribution in [0.25, 0.3) is 0 Å². The summed E-state index contributed by atoms with van der Waals surface area (Å²) < 4.78 is 41.6. The van der Waals surface area contributed by atoms with Crippen LogP contribution in [0.1, 0.15) is 5.56 Å². The van der Waals surface area contributed by atoms with Crippen LogP contribution in [-0.4, -0.2) is 6.36 Å². The number of benzene rings is 2. The van der Waals surface area contributed by atoms with Crippen LogP contribution in [0.4, 0.5) is 18.9 Å². The summed E-state index contributed by atoms with van der Waals surface area (Å²) in [5.74, 6) is -0.286. The van der Waals surface area contributed by atoms with Crippen molar-refractivity contribution in [3.05, 3.63) is 57.5 Å². The fourth-order valence-corrected chi connectivity index (χ4v) is 2.12. The van der Waals surface area contributed by atoms with Crippen molar-refractivity contribution in [2.45, 2.75) is 12.9 Å². The zero-order valence-electron chi connectivity index (χ0n) is 10.5. The lowest BCUT2D eigenvalue weighted by molar-refractivity contribution is -0.274. The number of hydrogen-bond donors (Lipinski definition) is 1. The third-order valence-corrected chi connectivity index (χ3v) is 3.31. The maximum Gasteiger partial charge on any atom is 0.573 e. The molecule has 0 aromatic heterocycles. The van der Waals surface area contributed by atoms with Crippen LogP contribution < -0.4 is 10.1 Å². The largest absolute Gasteiger partial charge is 0.573 e. The van der Waals surface area contributed by atoms with Gasteiger partial charge in [-0.3, -0.25) is 0 Å². The van der Waals surface area contributed by atoms with Gasteiger partial charge < -0.3 is 10.1 Å². The molecule has 0 fully saturated rings. The van der Waals surface area contributed by atoms with Gasteiger partial charge in [-0.05, 0) is 35.9 Å². The first kappa shape index (κ1) is 16.0. The van der Waals surface area contributed by atoms with Crippen molar-refractivity contribution < 1.29 is 17.9 Å². The van der Waals surface area contributed by atoms with E-state index in [1.54, 1.807) is 30.3 Å². The summed E-state index contributed by atoms with van der Waals surface area (Å²) >= 11 is 8.89. The predicted octanol–water partition coefficient (Wildman–Crippen LogP) is 5.61. The molecule has 7 heteroatoms. The van der Waals surface area contributed by atoms with E-state index in [0.29, 0.717) is 16.0 Å². The molecule has 0 spiro atoms. The molecule has 0 heterocycles. The molecule has 0 atom stereocenters. The van der Waals surface area contributed by atoms with Crippen LogP contribution in [0.3, 0.4) is 0 Å². The van der Waals surface area contributed by atoms with Gasteiger partial charge in [-0.2, -0.15) is 0 Å². The van der Waals surface area contributed by atoms with E-state index in [4.69, 9.17) is 11.6 Å². The van der Waals surface area contributed by atoms with Gasteiger partial charge in [0.2, 0.25) is 0 Å². The number of anilines is 1. The van der Waals surface area contributed by atoms with Crippen LogP contribution in [-0.2, 0) is 6.54 Å². The number of nitrogens with one attached hydrogen (secondary N) is 1. The lowest BCUT2D eigenvalue weighted by Gasteiger charge is -2.15. The number of ether oxygens (including phenoxy) is 1. The summed E-state index contributed by atoms with van der Waals surface area (Å²) in [4.78, 5) is 0. The Morgan fingerprint density at radius 3 is 2.38 bits per heavy atom. The summed E-state index contributed by atoms with van der Waals surface area (Å²) in [5.41, 5.74) is 1.14. The van der Waals surface area contributed by atoms with E-state index in [1.165, 1.54) is 12.1 Å². The van der Waals surface area contributed by atoms with Crippen molar-refractivity contribution in [1.29, 1.82) is 0 Å². The van der Waals surface area contributed by atoms with E-state index < -0.39 is 6.36 Å². The Hall–Kier alpha value is -1.40. The first-order valence-electron chi connectivity index (χ1n) is 5.87. The topological polar surface area (TPSA) is 21.3 Å². The molecule has 0 saturated heterocycles. The van der Waals surface area contributed by atoms with Gasteiger partial charge in [0.25, 0.3) is 0 Å². The van der Waals surface area contributed by atoms with Crippen molar-refractivity contribution in [1.82, 2.24) is 0 Å². The number of halogens is 5. The minimum atomic E-state index is -4.74. The van der Waals surface area contributed by atoms with Crippen molar-refractivity contribution >= 4 is 33.2 Å². The molecule has 0 amide bonds. The highest BCUT2D eigenvalue weighted by atomic mass is 79.9. The molecule has 1 N–H and O–H groups in total. The number of alkyl halides is 3. The highest BCUT2D eigenvalue weighted by Crippen LogP contribution is 2.33. The van der Waals surface area contributed by atoms with Gasteiger partial charge in [-0.25, -0.2) is 0 Å². The van der Waals surface area contributed by atoms with Crippen molar-refractivity contribution in [3.63, 3.8) is 0 Å². The molecule has 112 valence electrons. The van der Waals surface area contributed by atoms with E-state index in [9.17, 15) is 13.2 Å². The molecule has 0 bridgehead atoms. The fraction of sp³-hybridized carbons (Fsp3) is 0.143. The average molecular weight is 381 g/mol. The zero-order valence-corrected chi connectivity index (χ0v) is 12.9. The molecule has 2 aromatic rings. The Morgan fingerprint density at radius 2 is 1.76 bits per heavy atom. The Labute approximate surface area is 133 Å². The first-order chi connectivity index (χ1) is 9.83. The van der Waals surface area contributed by atoms with E-state index in [1.807, 2.05) is 0 Å². The van der Waals surface area contributed by atoms with Crippen molar-refractivity contribution in [2.24, 2.45) is 0 Å². The Bertz CT molecular complexity index is 617. The fourth-order valence-electron chi connectivity index (χ4n) is 1.65. The lowest BCUT2D eigenvalue weighted by Crippen LogP contribution is -2.18. The van der Waals surface area contributed by atoms with Crippen LogP contribution in [0.2, 0.25) is 5.02 Å². The quantitative estimate of drug-likeness (QED) is 0.744. The Balaban J connectivity index is 2.13. The molecule has 0 aliphatic heterocycles. The number of hydrogen-bond acceptors (Lipinski definition) is 2. The third-order valence-electron chi connectivity index (χ3n) is 2.57. The van der Waals surface area contributed by atoms with Gasteiger partial charge in [0.15, 0.2) is 5.75 Å². The molecular weight excluding hydrogens is 371 g/mol. The second kappa shape index (κ2) is 6.58. The van der Waals surface area contributed by atoms with E-state index >= 15 is 0 Å². The predicted molar refractivity (Wildman–Crippen MR) is 79.6 cm³/mol. The SMILES string of the molecule is FC(F)(F)Oc1cc(Br)ccc1NCc1ccc(Cl)cc1. The zero-order chi connectivity index (χ0) is 15.5. The molecule has 0 aliphatic carbocycles. The first-order valence-corrected chi connectivity index (χ1v) is 7.04. The summed E-state index contributed by atoms with van der Waals surface area (Å²) in [7, 11) is 0. The third kappa shape index (κ3) is 5.13. The highest BCUT2D eigenvalue weighted by molar-refractivity contribution is 9.10. The minimum absolute atomic E-state index is 0.255. The smallest absolute Gasteiger partial charge is 0.404 e. The second-order valence-electron chi connectivity index (χ2n) is 4.17. The molecular formula is C14H10BrClF3NO. The van der Waals surface area contributed by atoms with Gasteiger partial charge >= 0.3 is 6.36 Å². The molecule has 0 saturated carbocycles. The van der Waals surface area contributed by atoms with E-state index in [2.05, 4.69) is 26.0 Å². The molecule has 2 nitrogen and oxygen atoms in total. The monoisotopic (exact) mass is 379 g/mol. The highest BCUT2D eigenvalue weighted by Gasteiger charge is 2.32. The van der Waals surface area contributed by atoms with Gasteiger partial charge in [0.1, 0.15) is 0 Å². The molecule has 0 aliphatic rings. The summed E-state index contributed by atoms with van der Waals surface area (Å²) in [5, 5.41) is 3.51. The average Bonchev–Trinajstić information content (AvgIpc) is 2.38. The normalized spacial score (nSPS) is 11.3. The molecule has 0 radical (unpaired) electrons. The van der Waals surface area contributed by atoms with Crippen LogP contribution in [0, 0.1) is 0 Å². The van der Waals surface area contributed by atoms with E-state index in [0.717, 1.165) is 5.56 Å². The van der Waals surface area contributed by atoms with Crippen LogP contribution in [0.5, 0.6) is 5.75 Å². The Morgan fingerprint density at radius 1 is 1.10 bits per heavy atom. The molecule has 21 heavy (non-hydrogen) atoms. The summed E-state index contributed by atoms with van der Waals surface area (Å²) in [6.45, 7) is 0.354. The van der Waals surface area contributed by atoms with Crippen molar-refractivity contribution in [3.8, 4) is 5.75 Å². The lowest BCUT2D eigenvalue weighted by atomic mass is 10.2. The van der Waals surface area contributed by atoms with Gasteiger partial charge in [-0.1, -0.05) is 39.7 Å².